The number of hydrogen-bond donors (Lipinski definition) is 1. The molecule has 0 aromatic carbocycles. The maximum atomic E-state index is 10.5. The van der Waals surface area contributed by atoms with E-state index < -0.39 is 18.1 Å². The number of pyridine rings is 1. The van der Waals surface area contributed by atoms with Crippen molar-refractivity contribution in [2.24, 2.45) is 0 Å². The van der Waals surface area contributed by atoms with Crippen LogP contribution in [0.4, 0.5) is 13.2 Å². The maximum absolute atomic E-state index is 10.5. The number of halogens is 3. The molecule has 2 aromatic heterocycles. The molecule has 1 N–H and O–H groups in total. The van der Waals surface area contributed by atoms with E-state index in [-0.39, 0.29) is 6.42 Å². The summed E-state index contributed by atoms with van der Waals surface area (Å²) < 4.78 is 33.1. The van der Waals surface area contributed by atoms with Crippen LogP contribution in [0.15, 0.2) is 42.9 Å². The summed E-state index contributed by atoms with van der Waals surface area (Å²) in [4.78, 5) is 23.4. The number of alkyl halides is 3. The number of nitrogens with zero attached hydrogens (tertiary/aromatic N) is 3. The van der Waals surface area contributed by atoms with Crippen molar-refractivity contribution in [2.75, 3.05) is 0 Å². The number of aliphatic carboxylic acids is 2. The Balaban J connectivity index is 0.000000351. The second kappa shape index (κ2) is 8.56. The molecule has 2 heterocycles. The third-order valence-corrected chi connectivity index (χ3v) is 2.52. The monoisotopic (exact) mass is 343 g/mol. The quantitative estimate of drug-likeness (QED) is 0.795. The molecule has 0 saturated carbocycles. The molecule has 24 heavy (non-hydrogen) atoms. The third kappa shape index (κ3) is 6.81. The molecule has 0 radical (unpaired) electrons. The maximum Gasteiger partial charge on any atom is 0.430 e. The lowest BCUT2D eigenvalue weighted by Gasteiger charge is -2.03. The van der Waals surface area contributed by atoms with Crippen LogP contribution in [0.2, 0.25) is 0 Å². The Morgan fingerprint density at radius 1 is 1.25 bits per heavy atom. The van der Waals surface area contributed by atoms with Crippen molar-refractivity contribution in [1.29, 1.82) is 0 Å². The summed E-state index contributed by atoms with van der Waals surface area (Å²) in [6.45, 7) is 0.373. The minimum atomic E-state index is -5.19. The summed E-state index contributed by atoms with van der Waals surface area (Å²) in [6, 6.07) is 7.54. The van der Waals surface area contributed by atoms with E-state index in [1.807, 2.05) is 24.3 Å². The van der Waals surface area contributed by atoms with Crippen molar-refractivity contribution in [3.63, 3.8) is 0 Å². The molecule has 0 aliphatic heterocycles. The summed E-state index contributed by atoms with van der Waals surface area (Å²) in [7, 11) is 0. The number of aryl methyl sites for hydroxylation is 1. The highest BCUT2D eigenvalue weighted by atomic mass is 19.4. The molecule has 7 nitrogen and oxygen atoms in total. The molecule has 0 spiro atoms. The highest BCUT2D eigenvalue weighted by Gasteiger charge is 2.28. The fraction of sp³-hybridized carbons (Fsp3) is 0.214. The zero-order valence-electron chi connectivity index (χ0n) is 12.1. The van der Waals surface area contributed by atoms with Crippen LogP contribution in [-0.4, -0.2) is 33.3 Å². The molecule has 128 valence electrons. The van der Waals surface area contributed by atoms with E-state index in [0.717, 1.165) is 11.3 Å². The van der Waals surface area contributed by atoms with E-state index >= 15 is 0 Å². The predicted molar refractivity (Wildman–Crippen MR) is 71.0 cm³/mol. The minimum Gasteiger partial charge on any atom is -0.542 e. The van der Waals surface area contributed by atoms with E-state index in [0.29, 0.717) is 6.54 Å². The van der Waals surface area contributed by atoms with Crippen molar-refractivity contribution in [2.45, 2.75) is 19.1 Å². The second-order valence-corrected chi connectivity index (χ2v) is 4.32. The molecular weight excluding hydrogens is 331 g/mol. The Kier molecular flexibility index (Phi) is 6.78. The first-order chi connectivity index (χ1) is 11.2. The van der Waals surface area contributed by atoms with E-state index in [4.69, 9.17) is 15.0 Å². The van der Waals surface area contributed by atoms with Crippen LogP contribution in [-0.2, 0) is 16.1 Å². The van der Waals surface area contributed by atoms with Crippen LogP contribution in [0.1, 0.15) is 6.42 Å². The zero-order valence-corrected chi connectivity index (χ0v) is 12.1. The zero-order chi connectivity index (χ0) is 18.2. The molecular formula is C14H12F3N3O4. The first-order valence-corrected chi connectivity index (χ1v) is 6.47. The third-order valence-electron chi connectivity index (χ3n) is 2.52. The van der Waals surface area contributed by atoms with Gasteiger partial charge in [0.15, 0.2) is 12.7 Å². The lowest BCUT2D eigenvalue weighted by Crippen LogP contribution is -2.38. The van der Waals surface area contributed by atoms with Gasteiger partial charge in [-0.2, -0.15) is 13.2 Å². The predicted octanol–water partition coefficient (Wildman–Crippen LogP) is 0.204. The number of carbonyl (C=O) groups excluding carboxylic acids is 1. The van der Waals surface area contributed by atoms with E-state index in [1.165, 1.54) is 0 Å². The van der Waals surface area contributed by atoms with Crippen LogP contribution >= 0.6 is 0 Å². The Bertz CT molecular complexity index is 676. The van der Waals surface area contributed by atoms with Crippen LogP contribution in [0.3, 0.4) is 0 Å². The van der Waals surface area contributed by atoms with Crippen LogP contribution in [0.25, 0.3) is 11.3 Å². The lowest BCUT2D eigenvalue weighted by molar-refractivity contribution is -0.752. The van der Waals surface area contributed by atoms with Crippen molar-refractivity contribution >= 4 is 11.9 Å². The number of aromatic nitrogens is 3. The van der Waals surface area contributed by atoms with Gasteiger partial charge >= 0.3 is 12.1 Å². The minimum absolute atomic E-state index is 0.0700. The topological polar surface area (TPSA) is 107 Å². The van der Waals surface area contributed by atoms with Crippen LogP contribution in [0.5, 0.6) is 0 Å². The van der Waals surface area contributed by atoms with Gasteiger partial charge in [-0.05, 0) is 17.2 Å². The Morgan fingerprint density at radius 2 is 1.92 bits per heavy atom. The van der Waals surface area contributed by atoms with Crippen molar-refractivity contribution in [1.82, 2.24) is 10.1 Å². The summed E-state index contributed by atoms with van der Waals surface area (Å²) in [5, 5.41) is 21.5. The first-order valence-electron chi connectivity index (χ1n) is 6.47. The highest BCUT2D eigenvalue weighted by Crippen LogP contribution is 2.12. The second-order valence-electron chi connectivity index (χ2n) is 4.32. The van der Waals surface area contributed by atoms with Crippen molar-refractivity contribution < 1.29 is 37.7 Å². The number of carbonyl (C=O) groups is 2. The largest absolute Gasteiger partial charge is 0.542 e. The van der Waals surface area contributed by atoms with Crippen molar-refractivity contribution in [3.05, 3.63) is 42.9 Å². The fourth-order valence-electron chi connectivity index (χ4n) is 1.41. The summed E-state index contributed by atoms with van der Waals surface area (Å²) >= 11 is 0. The van der Waals surface area contributed by atoms with E-state index in [2.05, 4.69) is 10.1 Å². The number of carboxylic acid groups (broad SMARTS) is 2. The van der Waals surface area contributed by atoms with Gasteiger partial charge < -0.3 is 15.0 Å². The molecule has 0 aliphatic carbocycles. The van der Waals surface area contributed by atoms with Gasteiger partial charge in [0.2, 0.25) is 0 Å². The normalized spacial score (nSPS) is 10.5. The number of rotatable bonds is 4. The molecule has 0 bridgehead atoms. The number of carboxylic acids is 2. The van der Waals surface area contributed by atoms with Gasteiger partial charge in [-0.1, -0.05) is 10.7 Å². The Labute approximate surface area is 134 Å². The summed E-state index contributed by atoms with van der Waals surface area (Å²) in [5.41, 5.74) is 1.77. The molecule has 0 saturated heterocycles. The summed E-state index contributed by atoms with van der Waals surface area (Å²) in [5.74, 6) is -3.83. The van der Waals surface area contributed by atoms with Gasteiger partial charge in [0.1, 0.15) is 18.6 Å². The van der Waals surface area contributed by atoms with Gasteiger partial charge in [0.25, 0.3) is 0 Å². The first kappa shape index (κ1) is 19.0. The molecule has 10 heteroatoms. The molecule has 0 unspecified atom stereocenters. The summed E-state index contributed by atoms with van der Waals surface area (Å²) in [6.07, 6.45) is 0.0402. The van der Waals surface area contributed by atoms with Gasteiger partial charge in [0, 0.05) is 17.8 Å². The lowest BCUT2D eigenvalue weighted by atomic mass is 10.2. The Morgan fingerprint density at radius 3 is 2.33 bits per heavy atom. The van der Waals surface area contributed by atoms with Crippen LogP contribution < -0.4 is 9.79 Å². The van der Waals surface area contributed by atoms with Crippen LogP contribution in [0, 0.1) is 0 Å². The highest BCUT2D eigenvalue weighted by molar-refractivity contribution is 5.70. The molecule has 0 atom stereocenters. The average Bonchev–Trinajstić information content (AvgIpc) is 2.54. The Hall–Kier alpha value is -3.04. The van der Waals surface area contributed by atoms with E-state index in [1.54, 1.807) is 23.3 Å². The average molecular weight is 343 g/mol. The molecule has 2 rings (SSSR count). The molecule has 0 fully saturated rings. The molecule has 0 amide bonds. The fourth-order valence-corrected chi connectivity index (χ4v) is 1.41. The van der Waals surface area contributed by atoms with E-state index in [9.17, 15) is 18.0 Å². The number of hydrogen-bond acceptors (Lipinski definition) is 5. The molecule has 2 aromatic rings. The van der Waals surface area contributed by atoms with Gasteiger partial charge in [0.05, 0.1) is 5.69 Å². The SMILES string of the molecule is O=C(O)CC[n+]1ccc(-c2ccccn2)cn1.O=C([O-])C(F)(F)F. The molecule has 0 aliphatic rings. The standard InChI is InChI=1S/C12H11N3O2.C2HF3O2/c16-12(17)5-8-15-7-4-10(9-14-15)11-3-1-2-6-13-11;3-2(4,5)1(6)7/h1-4,6-7,9H,5,8H2;(H,6,7). The van der Waals surface area contributed by atoms with Gasteiger partial charge in [-0.25, -0.2) is 0 Å². The van der Waals surface area contributed by atoms with Gasteiger partial charge in [-0.15, -0.1) is 0 Å². The van der Waals surface area contributed by atoms with Crippen molar-refractivity contribution in [3.8, 4) is 11.3 Å². The smallest absolute Gasteiger partial charge is 0.430 e. The van der Waals surface area contributed by atoms with Gasteiger partial charge in [-0.3, -0.25) is 9.78 Å².